The average molecular weight is 858 g/mol. The number of carbonyl (C=O) groups is 6. The Labute approximate surface area is 364 Å². The fourth-order valence-electron chi connectivity index (χ4n) is 9.59. The Morgan fingerprint density at radius 2 is 1.52 bits per heavy atom. The molecule has 2 aliphatic rings. The first kappa shape index (κ1) is 51.4. The van der Waals surface area contributed by atoms with E-state index >= 15 is 0 Å². The number of carbonyl (C=O) groups excluding carboxylic acids is 5. The summed E-state index contributed by atoms with van der Waals surface area (Å²) in [5.41, 5.74) is -0.237. The van der Waals surface area contributed by atoms with Crippen molar-refractivity contribution < 1.29 is 48.1 Å². The number of likely N-dealkylation sites (tertiary alicyclic amines) is 1. The molecular weight excluding hydrogens is 783 g/mol. The normalized spacial score (nSPS) is 22.3. The van der Waals surface area contributed by atoms with E-state index < -0.39 is 71.6 Å². The molecule has 4 amide bonds. The van der Waals surface area contributed by atoms with Crippen LogP contribution in [0.3, 0.4) is 0 Å². The van der Waals surface area contributed by atoms with Gasteiger partial charge in [-0.15, -0.1) is 0 Å². The van der Waals surface area contributed by atoms with E-state index in [1.165, 1.54) is 7.11 Å². The first-order chi connectivity index (χ1) is 28.8. The number of hydrogen-bond donors (Lipinski definition) is 3. The topological polar surface area (TPSA) is 184 Å². The summed E-state index contributed by atoms with van der Waals surface area (Å²) in [4.78, 5) is 86.2. The second-order valence-corrected chi connectivity index (χ2v) is 17.9. The zero-order chi connectivity index (χ0) is 45.8. The predicted molar refractivity (Wildman–Crippen MR) is 232 cm³/mol. The average Bonchev–Trinajstić information content (AvgIpc) is 3.73. The largest absolute Gasteiger partial charge is 0.481 e. The number of carboxylic acid groups (broad SMARTS) is 1. The molecule has 3 rings (SSSR count). The van der Waals surface area contributed by atoms with Crippen molar-refractivity contribution in [2.24, 2.45) is 23.7 Å². The molecule has 0 bridgehead atoms. The van der Waals surface area contributed by atoms with Gasteiger partial charge >= 0.3 is 11.9 Å². The minimum atomic E-state index is -1.18. The molecule has 61 heavy (non-hydrogen) atoms. The molecule has 1 aliphatic heterocycles. The SMILES string of the molecule is CCOC(=O)[C@]1(NC(=O)[C@H](C)[C@@H](OC)[C@@H]2CCCN2C(=O)C[C@@H](OC)[C@H]([C@@H](C)CC)N(C)[C@H](C(=O)NC(=O)[C@H](C(C)C)N(C)CCCC(=O)O)C(C)C)C[C@@H]1c1ccccc1. The standard InChI is InChI=1S/C46H75N5O10/c1-13-30(7)40(50(10)39(29(5)6)44(57)47-43(56)38(28(3)4)49(9)24-19-23-37(53)54)35(59-11)26-36(52)51-25-18-22-34(51)41(60-12)31(8)42(55)48-46(45(58)61-14-2)27-33(46)32-20-16-15-17-21-32/h15-17,20-21,28-31,33-35,38-41H,13-14,18-19,22-27H2,1-12H3,(H,48,55)(H,53,54)(H,47,56,57)/t30-,31+,33+,34-,35+,38-,39-,40-,41+,46-/m0/s1. The molecule has 344 valence electrons. The molecular formula is C46H75N5O10. The molecule has 1 saturated heterocycles. The smallest absolute Gasteiger partial charge is 0.332 e. The van der Waals surface area contributed by atoms with E-state index in [9.17, 15) is 28.8 Å². The van der Waals surface area contributed by atoms with Gasteiger partial charge in [-0.25, -0.2) is 4.79 Å². The quantitative estimate of drug-likeness (QED) is 0.118. The van der Waals surface area contributed by atoms with Crippen molar-refractivity contribution in [2.75, 3.05) is 48.0 Å². The van der Waals surface area contributed by atoms with Gasteiger partial charge in [0.2, 0.25) is 23.6 Å². The van der Waals surface area contributed by atoms with E-state index in [1.54, 1.807) is 37.8 Å². The van der Waals surface area contributed by atoms with Gasteiger partial charge in [-0.1, -0.05) is 85.2 Å². The van der Waals surface area contributed by atoms with Gasteiger partial charge in [0.15, 0.2) is 0 Å². The number of benzene rings is 1. The van der Waals surface area contributed by atoms with Gasteiger partial charge in [0, 0.05) is 39.1 Å². The summed E-state index contributed by atoms with van der Waals surface area (Å²) < 4.78 is 17.6. The van der Waals surface area contributed by atoms with Gasteiger partial charge in [0.1, 0.15) is 5.54 Å². The molecule has 1 aromatic rings. The number of imide groups is 1. The van der Waals surface area contributed by atoms with E-state index in [2.05, 4.69) is 17.6 Å². The van der Waals surface area contributed by atoms with Crippen molar-refractivity contribution in [1.29, 1.82) is 0 Å². The first-order valence-electron chi connectivity index (χ1n) is 22.2. The van der Waals surface area contributed by atoms with Crippen LogP contribution in [-0.4, -0.2) is 145 Å². The Balaban J connectivity index is 1.80. The Morgan fingerprint density at radius 1 is 0.902 bits per heavy atom. The number of nitrogens with one attached hydrogen (secondary N) is 2. The molecule has 0 spiro atoms. The predicted octanol–water partition coefficient (Wildman–Crippen LogP) is 4.47. The van der Waals surface area contributed by atoms with Crippen LogP contribution in [0.4, 0.5) is 0 Å². The lowest BCUT2D eigenvalue weighted by atomic mass is 9.87. The monoisotopic (exact) mass is 858 g/mol. The van der Waals surface area contributed by atoms with Gasteiger partial charge in [-0.05, 0) is 76.6 Å². The summed E-state index contributed by atoms with van der Waals surface area (Å²) >= 11 is 0. The number of aliphatic carboxylic acids is 1. The maximum Gasteiger partial charge on any atom is 0.332 e. The Morgan fingerprint density at radius 3 is 2.07 bits per heavy atom. The van der Waals surface area contributed by atoms with E-state index in [0.29, 0.717) is 32.4 Å². The highest BCUT2D eigenvalue weighted by Gasteiger charge is 2.63. The molecule has 0 radical (unpaired) electrons. The number of rotatable bonds is 25. The highest BCUT2D eigenvalue weighted by Crippen LogP contribution is 2.52. The van der Waals surface area contributed by atoms with Crippen LogP contribution in [-0.2, 0) is 43.0 Å². The third kappa shape index (κ3) is 12.8. The molecule has 0 unspecified atom stereocenters. The summed E-state index contributed by atoms with van der Waals surface area (Å²) in [5.74, 6) is -4.12. The second-order valence-electron chi connectivity index (χ2n) is 17.9. The molecule has 1 heterocycles. The van der Waals surface area contributed by atoms with Crippen molar-refractivity contribution in [1.82, 2.24) is 25.3 Å². The lowest BCUT2D eigenvalue weighted by molar-refractivity contribution is -0.150. The number of nitrogens with zero attached hydrogens (tertiary/aromatic N) is 3. The van der Waals surface area contributed by atoms with Gasteiger partial charge in [0.25, 0.3) is 0 Å². The number of methoxy groups -OCH3 is 2. The number of amides is 4. The van der Waals surface area contributed by atoms with Gasteiger partial charge in [-0.3, -0.25) is 39.1 Å². The minimum Gasteiger partial charge on any atom is -0.481 e. The molecule has 10 atom stereocenters. The summed E-state index contributed by atoms with van der Waals surface area (Å²) in [6, 6.07) is 7.38. The van der Waals surface area contributed by atoms with Gasteiger partial charge in [-0.2, -0.15) is 0 Å². The Kier molecular flexibility index (Phi) is 19.8. The zero-order valence-corrected chi connectivity index (χ0v) is 38.8. The van der Waals surface area contributed by atoms with Crippen molar-refractivity contribution in [3.8, 4) is 0 Å². The van der Waals surface area contributed by atoms with E-state index in [4.69, 9.17) is 19.3 Å². The van der Waals surface area contributed by atoms with E-state index in [0.717, 1.165) is 18.4 Å². The van der Waals surface area contributed by atoms with Crippen LogP contribution in [0.25, 0.3) is 0 Å². The fraction of sp³-hybridized carbons (Fsp3) is 0.739. The van der Waals surface area contributed by atoms with Crippen LogP contribution in [0.15, 0.2) is 30.3 Å². The Bertz CT molecular complexity index is 1630. The lowest BCUT2D eigenvalue weighted by Gasteiger charge is -2.43. The van der Waals surface area contributed by atoms with Crippen molar-refractivity contribution in [2.45, 2.75) is 148 Å². The molecule has 15 heteroatoms. The lowest BCUT2D eigenvalue weighted by Crippen LogP contribution is -2.60. The molecule has 2 fully saturated rings. The minimum absolute atomic E-state index is 0.00993. The van der Waals surface area contributed by atoms with E-state index in [1.807, 2.05) is 76.9 Å². The number of carboxylic acids is 1. The maximum atomic E-state index is 14.4. The number of hydrogen-bond acceptors (Lipinski definition) is 11. The summed E-state index contributed by atoms with van der Waals surface area (Å²) in [7, 11) is 6.70. The van der Waals surface area contributed by atoms with Crippen LogP contribution in [0.5, 0.6) is 0 Å². The highest BCUT2D eigenvalue weighted by molar-refractivity contribution is 6.00. The molecule has 3 N–H and O–H groups in total. The zero-order valence-electron chi connectivity index (χ0n) is 38.8. The van der Waals surface area contributed by atoms with Crippen LogP contribution in [0.2, 0.25) is 0 Å². The van der Waals surface area contributed by atoms with Gasteiger partial charge in [0.05, 0.1) is 49.3 Å². The van der Waals surface area contributed by atoms with Crippen LogP contribution >= 0.6 is 0 Å². The fourth-order valence-corrected chi connectivity index (χ4v) is 9.59. The van der Waals surface area contributed by atoms with Crippen LogP contribution in [0.1, 0.15) is 112 Å². The maximum absolute atomic E-state index is 14.4. The number of esters is 1. The molecule has 1 aromatic carbocycles. The summed E-state index contributed by atoms with van der Waals surface area (Å²) in [6.07, 6.45) is 1.56. The molecule has 15 nitrogen and oxygen atoms in total. The summed E-state index contributed by atoms with van der Waals surface area (Å²) in [6.45, 7) is 16.3. The molecule has 0 aromatic heterocycles. The van der Waals surface area contributed by atoms with E-state index in [-0.39, 0.29) is 54.9 Å². The highest BCUT2D eigenvalue weighted by atomic mass is 16.5. The summed E-state index contributed by atoms with van der Waals surface area (Å²) in [5, 5.41) is 14.8. The number of ether oxygens (including phenoxy) is 3. The number of likely N-dealkylation sites (N-methyl/N-ethyl adjacent to an activating group) is 2. The van der Waals surface area contributed by atoms with Crippen molar-refractivity contribution in [3.63, 3.8) is 0 Å². The third-order valence-corrected chi connectivity index (χ3v) is 12.9. The Hall–Kier alpha value is -3.92. The second kappa shape index (κ2) is 23.5. The first-order valence-corrected chi connectivity index (χ1v) is 22.2. The molecule has 1 saturated carbocycles. The molecule has 1 aliphatic carbocycles. The van der Waals surface area contributed by atoms with Crippen LogP contribution in [0, 0.1) is 23.7 Å². The van der Waals surface area contributed by atoms with Crippen molar-refractivity contribution >= 4 is 35.6 Å². The van der Waals surface area contributed by atoms with Crippen molar-refractivity contribution in [3.05, 3.63) is 35.9 Å². The third-order valence-electron chi connectivity index (χ3n) is 12.9. The van der Waals surface area contributed by atoms with Gasteiger partial charge < -0.3 is 29.5 Å². The van der Waals surface area contributed by atoms with Crippen LogP contribution < -0.4 is 10.6 Å².